The Kier molecular flexibility index (Phi) is 7.69. The van der Waals surface area contributed by atoms with Crippen LogP contribution in [0, 0.1) is 11.3 Å². The van der Waals surface area contributed by atoms with Gasteiger partial charge in [0.05, 0.1) is 28.0 Å². The average Bonchev–Trinajstić information content (AvgIpc) is 3.67. The molecule has 0 fully saturated rings. The summed E-state index contributed by atoms with van der Waals surface area (Å²) in [7, 11) is 0. The molecule has 11 rings (SSSR count). The van der Waals surface area contributed by atoms with E-state index in [9.17, 15) is 5.26 Å². The van der Waals surface area contributed by atoms with E-state index in [4.69, 9.17) is 14.4 Å². The second-order valence-electron chi connectivity index (χ2n) is 14.1. The Morgan fingerprint density at radius 3 is 1.74 bits per heavy atom. The smallest absolute Gasteiger partial charge is 0.163 e. The van der Waals surface area contributed by atoms with Gasteiger partial charge >= 0.3 is 0 Å². The predicted molar refractivity (Wildman–Crippen MR) is 231 cm³/mol. The van der Waals surface area contributed by atoms with Crippen molar-refractivity contribution in [3.63, 3.8) is 0 Å². The van der Waals surface area contributed by atoms with Gasteiger partial charge in [0.25, 0.3) is 0 Å². The van der Waals surface area contributed by atoms with Crippen LogP contribution < -0.4 is 4.90 Å². The van der Waals surface area contributed by atoms with E-state index < -0.39 is 0 Å². The molecule has 0 aliphatic carbocycles. The lowest BCUT2D eigenvalue weighted by atomic mass is 9.97. The van der Waals surface area contributed by atoms with Crippen LogP contribution in [0.25, 0.3) is 88.3 Å². The summed E-state index contributed by atoms with van der Waals surface area (Å²) in [5.41, 5.74) is 12.8. The molecule has 0 atom stereocenters. The molecule has 0 bridgehead atoms. The molecule has 0 spiro atoms. The highest BCUT2D eigenvalue weighted by atomic mass is 16.3. The van der Waals surface area contributed by atoms with Crippen LogP contribution in [-0.4, -0.2) is 24.9 Å². The van der Waals surface area contributed by atoms with Gasteiger partial charge in [0, 0.05) is 80.9 Å². The zero-order valence-corrected chi connectivity index (χ0v) is 30.8. The van der Waals surface area contributed by atoms with Crippen molar-refractivity contribution in [1.82, 2.24) is 24.9 Å². The van der Waals surface area contributed by atoms with Crippen molar-refractivity contribution in [2.24, 2.45) is 0 Å². The molecule has 58 heavy (non-hydrogen) atoms. The summed E-state index contributed by atoms with van der Waals surface area (Å²) in [5.74, 6) is 0. The number of para-hydroxylation sites is 1. The van der Waals surface area contributed by atoms with Crippen LogP contribution in [0.5, 0.6) is 0 Å². The van der Waals surface area contributed by atoms with Crippen LogP contribution in [0.2, 0.25) is 0 Å². The molecular formula is C50H29N7O. The first-order chi connectivity index (χ1) is 28.7. The highest BCUT2D eigenvalue weighted by Crippen LogP contribution is 2.41. The number of benzene rings is 5. The Labute approximate surface area is 332 Å². The summed E-state index contributed by atoms with van der Waals surface area (Å²) in [5, 5.41) is 15.2. The zero-order valence-electron chi connectivity index (χ0n) is 30.8. The summed E-state index contributed by atoms with van der Waals surface area (Å²) in [6, 6.07) is 52.0. The molecule has 0 unspecified atom stereocenters. The van der Waals surface area contributed by atoms with Crippen LogP contribution in [0.4, 0.5) is 17.1 Å². The van der Waals surface area contributed by atoms with Gasteiger partial charge in [-0.3, -0.25) is 15.0 Å². The van der Waals surface area contributed by atoms with Crippen LogP contribution in [0.3, 0.4) is 0 Å². The van der Waals surface area contributed by atoms with E-state index in [0.717, 1.165) is 99.8 Å². The number of anilines is 3. The molecule has 6 aromatic heterocycles. The molecule has 5 aromatic carbocycles. The first kappa shape index (κ1) is 33.1. The number of rotatable bonds is 6. The summed E-state index contributed by atoms with van der Waals surface area (Å²) in [6.45, 7) is 0. The van der Waals surface area contributed by atoms with Gasteiger partial charge < -0.3 is 9.32 Å². The number of nitriles is 1. The third kappa shape index (κ3) is 5.65. The molecule has 11 aromatic rings. The van der Waals surface area contributed by atoms with Crippen molar-refractivity contribution in [1.29, 1.82) is 5.26 Å². The largest absolute Gasteiger partial charge is 0.454 e. The van der Waals surface area contributed by atoms with E-state index in [1.807, 2.05) is 60.9 Å². The standard InChI is InChI=1S/C50H29N7O/c51-27-38-30-54-49-42-3-1-2-4-47(42)58-50(49)48(38)35-6-5-34-26-41(18-11-33(34)25-35)57(39-14-7-31(8-15-39)43-19-12-36-28-52-23-21-45(36)55-43)40-16-9-32(10-17-40)44-20-13-37-29-53-24-22-46(37)56-44/h1-26,28-30H. The fourth-order valence-electron chi connectivity index (χ4n) is 7.81. The highest BCUT2D eigenvalue weighted by Gasteiger charge is 2.19. The van der Waals surface area contributed by atoms with Crippen molar-refractivity contribution in [2.45, 2.75) is 0 Å². The minimum Gasteiger partial charge on any atom is -0.454 e. The van der Waals surface area contributed by atoms with Crippen LogP contribution in [0.1, 0.15) is 5.56 Å². The lowest BCUT2D eigenvalue weighted by Gasteiger charge is -2.26. The van der Waals surface area contributed by atoms with Crippen molar-refractivity contribution < 1.29 is 4.42 Å². The van der Waals surface area contributed by atoms with Gasteiger partial charge in [-0.2, -0.15) is 5.26 Å². The van der Waals surface area contributed by atoms with Crippen LogP contribution >= 0.6 is 0 Å². The van der Waals surface area contributed by atoms with Gasteiger partial charge in [-0.15, -0.1) is 0 Å². The van der Waals surface area contributed by atoms with Crippen LogP contribution in [0.15, 0.2) is 181 Å². The summed E-state index contributed by atoms with van der Waals surface area (Å²) < 4.78 is 6.32. The van der Waals surface area contributed by atoms with Crippen molar-refractivity contribution in [3.05, 3.63) is 182 Å². The molecule has 0 saturated heterocycles. The third-order valence-corrected chi connectivity index (χ3v) is 10.7. The predicted octanol–water partition coefficient (Wildman–Crippen LogP) is 12.4. The Morgan fingerprint density at radius 2 is 1.09 bits per heavy atom. The first-order valence-electron chi connectivity index (χ1n) is 18.8. The lowest BCUT2D eigenvalue weighted by Crippen LogP contribution is -2.10. The Balaban J connectivity index is 1.00. The minimum atomic E-state index is 0.465. The maximum Gasteiger partial charge on any atom is 0.163 e. The normalized spacial score (nSPS) is 11.4. The maximum atomic E-state index is 10.1. The van der Waals surface area contributed by atoms with Gasteiger partial charge in [0.15, 0.2) is 5.58 Å². The highest BCUT2D eigenvalue weighted by molar-refractivity contribution is 6.09. The Bertz CT molecular complexity index is 3300. The zero-order chi connectivity index (χ0) is 38.6. The number of aromatic nitrogens is 5. The molecule has 0 saturated carbocycles. The molecule has 0 amide bonds. The van der Waals surface area contributed by atoms with E-state index in [-0.39, 0.29) is 0 Å². The summed E-state index contributed by atoms with van der Waals surface area (Å²) in [4.78, 5) is 25.1. The molecule has 6 heterocycles. The summed E-state index contributed by atoms with van der Waals surface area (Å²) >= 11 is 0. The number of fused-ring (bicyclic) bond motifs is 6. The van der Waals surface area contributed by atoms with Crippen molar-refractivity contribution in [2.75, 3.05) is 4.90 Å². The molecule has 8 heteroatoms. The monoisotopic (exact) mass is 743 g/mol. The average molecular weight is 744 g/mol. The number of hydrogen-bond donors (Lipinski definition) is 0. The molecule has 0 N–H and O–H groups in total. The SMILES string of the molecule is N#Cc1cnc2c(oc3ccccc32)c1-c1ccc2cc(N(c3ccc(-c4ccc5cnccc5n4)cc3)c3ccc(-c4ccc5cnccc5n4)cc3)ccc2c1. The van der Waals surface area contributed by atoms with Gasteiger partial charge in [0.2, 0.25) is 0 Å². The third-order valence-electron chi connectivity index (χ3n) is 10.7. The van der Waals surface area contributed by atoms with Crippen molar-refractivity contribution in [3.8, 4) is 39.7 Å². The second kappa shape index (κ2) is 13.5. The minimum absolute atomic E-state index is 0.465. The van der Waals surface area contributed by atoms with E-state index in [1.54, 1.807) is 18.6 Å². The molecule has 0 aliphatic heterocycles. The number of nitrogens with zero attached hydrogens (tertiary/aromatic N) is 7. The topological polar surface area (TPSA) is 105 Å². The molecular weight excluding hydrogens is 715 g/mol. The second-order valence-corrected chi connectivity index (χ2v) is 14.1. The van der Waals surface area contributed by atoms with E-state index in [1.165, 1.54) is 0 Å². The van der Waals surface area contributed by atoms with Gasteiger partial charge in [-0.1, -0.05) is 54.6 Å². The molecule has 0 radical (unpaired) electrons. The molecule has 0 aliphatic rings. The quantitative estimate of drug-likeness (QED) is 0.166. The Hall–Kier alpha value is -8.28. The van der Waals surface area contributed by atoms with E-state index >= 15 is 0 Å². The van der Waals surface area contributed by atoms with E-state index in [2.05, 4.69) is 123 Å². The van der Waals surface area contributed by atoms with Gasteiger partial charge in [-0.25, -0.2) is 9.97 Å². The fraction of sp³-hybridized carbons (Fsp3) is 0. The fourth-order valence-corrected chi connectivity index (χ4v) is 7.81. The lowest BCUT2D eigenvalue weighted by molar-refractivity contribution is 0.669. The van der Waals surface area contributed by atoms with Crippen molar-refractivity contribution >= 4 is 71.7 Å². The molecule has 270 valence electrons. The Morgan fingerprint density at radius 1 is 0.517 bits per heavy atom. The number of furan rings is 1. The maximum absolute atomic E-state index is 10.1. The first-order valence-corrected chi connectivity index (χ1v) is 18.8. The summed E-state index contributed by atoms with van der Waals surface area (Å²) in [6.07, 6.45) is 8.84. The van der Waals surface area contributed by atoms with Gasteiger partial charge in [-0.05, 0) is 107 Å². The van der Waals surface area contributed by atoms with Gasteiger partial charge in [0.1, 0.15) is 17.2 Å². The molecule has 8 nitrogen and oxygen atoms in total. The van der Waals surface area contributed by atoms with Crippen LogP contribution in [-0.2, 0) is 0 Å². The number of pyridine rings is 5. The number of hydrogen-bond acceptors (Lipinski definition) is 8. The van der Waals surface area contributed by atoms with E-state index in [0.29, 0.717) is 11.1 Å².